The van der Waals surface area contributed by atoms with E-state index < -0.39 is 76.4 Å². The van der Waals surface area contributed by atoms with Crippen molar-refractivity contribution in [1.82, 2.24) is 4.90 Å². The molecular weight excluding hydrogens is 432 g/mol. The summed E-state index contributed by atoms with van der Waals surface area (Å²) in [5.74, 6) is -11.8. The molecule has 8 atom stereocenters. The van der Waals surface area contributed by atoms with Crippen LogP contribution in [0.3, 0.4) is 0 Å². The van der Waals surface area contributed by atoms with E-state index in [1.54, 1.807) is 19.1 Å². The van der Waals surface area contributed by atoms with E-state index in [1.165, 1.54) is 32.2 Å². The van der Waals surface area contributed by atoms with E-state index in [1.807, 2.05) is 0 Å². The maximum absolute atomic E-state index is 13.8. The van der Waals surface area contributed by atoms with Crippen LogP contribution in [-0.4, -0.2) is 83.1 Å². The van der Waals surface area contributed by atoms with Gasteiger partial charge in [-0.05, 0) is 31.6 Å². The number of rotatable bonds is 3. The Morgan fingerprint density at radius 1 is 1.15 bits per heavy atom. The minimum absolute atomic E-state index is 0.0496. The normalized spacial score (nSPS) is 38.1. The van der Waals surface area contributed by atoms with Crippen molar-refractivity contribution in [2.75, 3.05) is 21.2 Å². The zero-order valence-electron chi connectivity index (χ0n) is 18.6. The molecule has 4 N–H and O–H groups in total. The van der Waals surface area contributed by atoms with Gasteiger partial charge in [-0.15, -0.1) is 0 Å². The van der Waals surface area contributed by atoms with Gasteiger partial charge in [0, 0.05) is 13.0 Å². The van der Waals surface area contributed by atoms with E-state index >= 15 is 0 Å². The van der Waals surface area contributed by atoms with E-state index in [0.29, 0.717) is 5.56 Å². The van der Waals surface area contributed by atoms with Gasteiger partial charge in [0.15, 0.2) is 34.7 Å². The lowest BCUT2D eigenvalue weighted by atomic mass is 9.49. The number of benzene rings is 1. The highest BCUT2D eigenvalue weighted by Crippen LogP contribution is 2.55. The number of ether oxygens (including phenoxy) is 1. The van der Waals surface area contributed by atoms with E-state index in [2.05, 4.69) is 0 Å². The van der Waals surface area contributed by atoms with E-state index in [4.69, 9.17) is 10.5 Å². The van der Waals surface area contributed by atoms with Gasteiger partial charge >= 0.3 is 0 Å². The molecule has 0 saturated heterocycles. The van der Waals surface area contributed by atoms with Crippen molar-refractivity contribution in [2.24, 2.45) is 29.4 Å². The molecule has 1 aromatic carbocycles. The number of fused-ring (bicyclic) bond motifs is 3. The van der Waals surface area contributed by atoms with Gasteiger partial charge in [0.2, 0.25) is 5.91 Å². The number of Topliss-reactive ketones (excluding diaryl/α,β-unsaturated/α-hetero) is 4. The molecule has 2 fully saturated rings. The highest BCUT2D eigenvalue weighted by Gasteiger charge is 2.73. The van der Waals surface area contributed by atoms with Crippen molar-refractivity contribution >= 4 is 29.0 Å². The number of carbonyl (C=O) groups is 5. The summed E-state index contributed by atoms with van der Waals surface area (Å²) in [5, 5.41) is 22.0. The summed E-state index contributed by atoms with van der Waals surface area (Å²) < 4.78 is 5.71. The molecule has 0 bridgehead atoms. The topological polar surface area (TPSA) is 164 Å². The highest BCUT2D eigenvalue weighted by molar-refractivity contribution is 6.32. The number of nitrogens with zero attached hydrogens (tertiary/aromatic N) is 1. The number of aliphatic hydroxyl groups is 1. The SMILES string of the molecule is COC1[C@H]2C(C(=O)c3c(O)cccc3C2C)C(=O)[C@]2(O)C(=O)C(C(N)=O)C(=O)[C@@H](N(C)C)[C@H]12. The molecule has 1 aromatic rings. The predicted octanol–water partition coefficient (Wildman–Crippen LogP) is -0.947. The second-order valence-corrected chi connectivity index (χ2v) is 9.32. The van der Waals surface area contributed by atoms with Gasteiger partial charge in [0.1, 0.15) is 5.75 Å². The summed E-state index contributed by atoms with van der Waals surface area (Å²) >= 11 is 0. The molecule has 4 unspecified atom stereocenters. The molecule has 10 heteroatoms. The summed E-state index contributed by atoms with van der Waals surface area (Å²) in [4.78, 5) is 67.2. The summed E-state index contributed by atoms with van der Waals surface area (Å²) in [6.45, 7) is 1.76. The average molecular weight is 458 g/mol. The third kappa shape index (κ3) is 2.81. The number of phenols is 1. The Balaban J connectivity index is 1.99. The number of methoxy groups -OCH3 is 1. The van der Waals surface area contributed by atoms with Gasteiger partial charge in [-0.2, -0.15) is 0 Å². The maximum atomic E-state index is 13.8. The summed E-state index contributed by atoms with van der Waals surface area (Å²) in [6, 6.07) is 3.32. The average Bonchev–Trinajstić information content (AvgIpc) is 2.73. The number of carbonyl (C=O) groups excluding carboxylic acids is 5. The summed E-state index contributed by atoms with van der Waals surface area (Å²) in [7, 11) is 4.35. The largest absolute Gasteiger partial charge is 0.507 e. The Labute approximate surface area is 189 Å². The minimum atomic E-state index is -2.85. The van der Waals surface area contributed by atoms with E-state index in [0.717, 1.165) is 0 Å². The molecule has 176 valence electrons. The lowest BCUT2D eigenvalue weighted by Crippen LogP contribution is -2.78. The molecule has 3 aliphatic carbocycles. The van der Waals surface area contributed by atoms with Crippen LogP contribution >= 0.6 is 0 Å². The van der Waals surface area contributed by atoms with E-state index in [-0.39, 0.29) is 11.3 Å². The molecule has 4 rings (SSSR count). The van der Waals surface area contributed by atoms with Gasteiger partial charge < -0.3 is 20.7 Å². The van der Waals surface area contributed by atoms with Crippen LogP contribution < -0.4 is 5.73 Å². The molecule has 0 spiro atoms. The number of amides is 1. The molecule has 0 aliphatic heterocycles. The molecule has 1 amide bonds. The molecule has 10 nitrogen and oxygen atoms in total. The summed E-state index contributed by atoms with van der Waals surface area (Å²) in [5.41, 5.74) is 2.93. The fourth-order valence-electron chi connectivity index (χ4n) is 6.22. The first kappa shape index (κ1) is 23.2. The monoisotopic (exact) mass is 458 g/mol. The van der Waals surface area contributed by atoms with E-state index in [9.17, 15) is 34.2 Å². The van der Waals surface area contributed by atoms with Gasteiger partial charge in [-0.3, -0.25) is 28.9 Å². The van der Waals surface area contributed by atoms with Crippen LogP contribution in [0.25, 0.3) is 0 Å². The molecule has 0 radical (unpaired) electrons. The van der Waals surface area contributed by atoms with Crippen LogP contribution in [0.4, 0.5) is 0 Å². The Kier molecular flexibility index (Phi) is 5.31. The Bertz CT molecular complexity index is 1100. The number of primary amides is 1. The number of nitrogens with two attached hydrogens (primary N) is 1. The van der Waals surface area contributed by atoms with Crippen molar-refractivity contribution in [1.29, 1.82) is 0 Å². The number of phenolic OH excluding ortho intramolecular Hbond substituents is 1. The Morgan fingerprint density at radius 2 is 1.79 bits per heavy atom. The quantitative estimate of drug-likeness (QED) is 0.485. The van der Waals surface area contributed by atoms with Crippen molar-refractivity contribution < 1.29 is 38.9 Å². The van der Waals surface area contributed by atoms with Gasteiger partial charge in [-0.25, -0.2) is 0 Å². The highest BCUT2D eigenvalue weighted by atomic mass is 16.5. The Hall–Kier alpha value is -2.95. The Morgan fingerprint density at radius 3 is 2.33 bits per heavy atom. The molecule has 0 aromatic heterocycles. The van der Waals surface area contributed by atoms with Crippen LogP contribution in [0, 0.1) is 23.7 Å². The standard InChI is InChI=1S/C23H26N2O8/c1-8-9-6-5-7-10(26)12(9)17(27)13-11(8)19(33-4)15-16(25(2)3)18(28)14(22(24)31)21(30)23(15,32)20(13)29/h5-8,11,13-16,19,26,32H,1-4H3,(H2,24,31)/t8?,11-,13?,14?,15-,16+,19?,23+/m1/s1. The molecular formula is C23H26N2O8. The zero-order chi connectivity index (χ0) is 24.6. The summed E-state index contributed by atoms with van der Waals surface area (Å²) in [6.07, 6.45) is -1.07. The van der Waals surface area contributed by atoms with Gasteiger partial charge in [-0.1, -0.05) is 19.1 Å². The van der Waals surface area contributed by atoms with Crippen LogP contribution in [0.15, 0.2) is 18.2 Å². The fourth-order valence-corrected chi connectivity index (χ4v) is 6.22. The number of likely N-dealkylation sites (N-methyl/N-ethyl adjacent to an activating group) is 1. The third-order valence-corrected chi connectivity index (χ3v) is 7.60. The molecule has 2 saturated carbocycles. The second kappa shape index (κ2) is 7.54. The number of hydrogen-bond acceptors (Lipinski definition) is 9. The first-order valence-electron chi connectivity index (χ1n) is 10.6. The van der Waals surface area contributed by atoms with Crippen molar-refractivity contribution in [3.05, 3.63) is 29.3 Å². The third-order valence-electron chi connectivity index (χ3n) is 7.60. The molecule has 3 aliphatic rings. The fraction of sp³-hybridized carbons (Fsp3) is 0.522. The van der Waals surface area contributed by atoms with Crippen molar-refractivity contribution in [3.63, 3.8) is 0 Å². The molecule has 33 heavy (non-hydrogen) atoms. The minimum Gasteiger partial charge on any atom is -0.507 e. The number of aromatic hydroxyl groups is 1. The number of ketones is 4. The van der Waals surface area contributed by atoms with Crippen molar-refractivity contribution in [2.45, 2.75) is 30.6 Å². The lowest BCUT2D eigenvalue weighted by Gasteiger charge is -2.56. The maximum Gasteiger partial charge on any atom is 0.235 e. The smallest absolute Gasteiger partial charge is 0.235 e. The van der Waals surface area contributed by atoms with Crippen LogP contribution in [-0.2, 0) is 23.9 Å². The molecule has 0 heterocycles. The zero-order valence-corrected chi connectivity index (χ0v) is 18.6. The van der Waals surface area contributed by atoms with Crippen LogP contribution in [0.1, 0.15) is 28.8 Å². The van der Waals surface area contributed by atoms with Crippen LogP contribution in [0.5, 0.6) is 5.75 Å². The lowest BCUT2D eigenvalue weighted by molar-refractivity contribution is -0.199. The first-order valence-corrected chi connectivity index (χ1v) is 10.6. The second-order valence-electron chi connectivity index (χ2n) is 9.32. The number of hydrogen-bond donors (Lipinski definition) is 3. The van der Waals surface area contributed by atoms with Gasteiger partial charge in [0.05, 0.1) is 29.5 Å². The predicted molar refractivity (Wildman–Crippen MR) is 112 cm³/mol. The van der Waals surface area contributed by atoms with Gasteiger partial charge in [0.25, 0.3) is 0 Å². The van der Waals surface area contributed by atoms with Crippen molar-refractivity contribution in [3.8, 4) is 5.75 Å². The first-order chi connectivity index (χ1) is 15.4. The van der Waals surface area contributed by atoms with Crippen LogP contribution in [0.2, 0.25) is 0 Å².